The van der Waals surface area contributed by atoms with Gasteiger partial charge in [-0.15, -0.1) is 0 Å². The molecule has 1 unspecified atom stereocenters. The second-order valence-electron chi connectivity index (χ2n) is 4.90. The first-order chi connectivity index (χ1) is 8.82. The maximum Gasteiger partial charge on any atom is 0.241 e. The molecule has 0 spiro atoms. The van der Waals surface area contributed by atoms with E-state index in [2.05, 4.69) is 20.7 Å². The number of nitrogens with one attached hydrogen (secondary N) is 1. The normalized spacial score (nSPS) is 24.4. The molecule has 0 radical (unpaired) electrons. The first-order valence-corrected chi connectivity index (χ1v) is 8.55. The van der Waals surface area contributed by atoms with E-state index in [1.54, 1.807) is 6.07 Å². The molecule has 1 saturated heterocycles. The van der Waals surface area contributed by atoms with Crippen molar-refractivity contribution in [2.75, 3.05) is 13.2 Å². The summed E-state index contributed by atoms with van der Waals surface area (Å²) >= 11 is 9.10. The van der Waals surface area contributed by atoms with Gasteiger partial charge >= 0.3 is 0 Å². The SMILES string of the molecule is CC1(NS(=O)(=O)c2ccc(Cl)c(Br)c2)CCCOC1. The first-order valence-electron chi connectivity index (χ1n) is 5.89. The maximum atomic E-state index is 12.3. The minimum Gasteiger partial charge on any atom is -0.380 e. The van der Waals surface area contributed by atoms with Crippen LogP contribution >= 0.6 is 27.5 Å². The summed E-state index contributed by atoms with van der Waals surface area (Å²) in [7, 11) is -3.58. The van der Waals surface area contributed by atoms with Gasteiger partial charge < -0.3 is 4.74 Å². The summed E-state index contributed by atoms with van der Waals surface area (Å²) in [6.07, 6.45) is 1.62. The number of ether oxygens (including phenoxy) is 1. The fourth-order valence-corrected chi connectivity index (χ4v) is 4.14. The predicted octanol–water partition coefficient (Wildman–Crippen LogP) is 2.95. The van der Waals surface area contributed by atoms with Gasteiger partial charge in [-0.1, -0.05) is 11.6 Å². The number of halogens is 2. The van der Waals surface area contributed by atoms with Crippen LogP contribution in [-0.4, -0.2) is 27.2 Å². The zero-order chi connectivity index (χ0) is 14.1. The van der Waals surface area contributed by atoms with Gasteiger partial charge in [0.15, 0.2) is 0 Å². The van der Waals surface area contributed by atoms with E-state index in [9.17, 15) is 8.42 Å². The van der Waals surface area contributed by atoms with E-state index >= 15 is 0 Å². The van der Waals surface area contributed by atoms with Crippen LogP contribution in [0.1, 0.15) is 19.8 Å². The molecule has 1 aliphatic heterocycles. The molecule has 4 nitrogen and oxygen atoms in total. The summed E-state index contributed by atoms with van der Waals surface area (Å²) in [6, 6.07) is 4.54. The summed E-state index contributed by atoms with van der Waals surface area (Å²) in [6.45, 7) is 2.93. The highest BCUT2D eigenvalue weighted by Crippen LogP contribution is 2.27. The molecule has 1 aromatic rings. The summed E-state index contributed by atoms with van der Waals surface area (Å²) < 4.78 is 33.3. The third-order valence-corrected chi connectivity index (χ3v) is 5.87. The quantitative estimate of drug-likeness (QED) is 0.892. The van der Waals surface area contributed by atoms with Crippen molar-refractivity contribution in [2.24, 2.45) is 0 Å². The Hall–Kier alpha value is -0.140. The Balaban J connectivity index is 2.24. The average molecular weight is 369 g/mol. The van der Waals surface area contributed by atoms with Crippen molar-refractivity contribution >= 4 is 37.6 Å². The van der Waals surface area contributed by atoms with Crippen LogP contribution in [0.15, 0.2) is 27.6 Å². The molecule has 0 aromatic heterocycles. The molecular formula is C12H15BrClNO3S. The van der Waals surface area contributed by atoms with Crippen LogP contribution in [0.3, 0.4) is 0 Å². The fourth-order valence-electron chi connectivity index (χ4n) is 2.04. The minimum atomic E-state index is -3.58. The highest BCUT2D eigenvalue weighted by Gasteiger charge is 2.33. The van der Waals surface area contributed by atoms with E-state index in [1.165, 1.54) is 12.1 Å². The average Bonchev–Trinajstić information content (AvgIpc) is 2.32. The molecule has 1 fully saturated rings. The lowest BCUT2D eigenvalue weighted by molar-refractivity contribution is 0.0386. The smallest absolute Gasteiger partial charge is 0.241 e. The van der Waals surface area contributed by atoms with Gasteiger partial charge in [-0.2, -0.15) is 0 Å². The van der Waals surface area contributed by atoms with Gasteiger partial charge in [0.2, 0.25) is 10.0 Å². The Bertz CT molecular complexity index is 570. The molecule has 19 heavy (non-hydrogen) atoms. The Morgan fingerprint density at radius 2 is 2.21 bits per heavy atom. The molecule has 2 rings (SSSR count). The second-order valence-corrected chi connectivity index (χ2v) is 7.84. The van der Waals surface area contributed by atoms with Crippen molar-refractivity contribution in [2.45, 2.75) is 30.2 Å². The molecule has 1 atom stereocenters. The molecule has 0 saturated carbocycles. The van der Waals surface area contributed by atoms with Gasteiger partial charge in [0, 0.05) is 11.1 Å². The van der Waals surface area contributed by atoms with Crippen molar-refractivity contribution in [1.82, 2.24) is 4.72 Å². The summed E-state index contributed by atoms with van der Waals surface area (Å²) in [5.41, 5.74) is -0.552. The Labute approximate surface area is 126 Å². The molecule has 0 aliphatic carbocycles. The zero-order valence-corrected chi connectivity index (χ0v) is 13.6. The summed E-state index contributed by atoms with van der Waals surface area (Å²) in [5.74, 6) is 0. The largest absolute Gasteiger partial charge is 0.380 e. The van der Waals surface area contributed by atoms with Crippen LogP contribution < -0.4 is 4.72 Å². The molecule has 1 heterocycles. The molecule has 1 aromatic carbocycles. The van der Waals surface area contributed by atoms with E-state index in [0.717, 1.165) is 12.8 Å². The van der Waals surface area contributed by atoms with Crippen molar-refractivity contribution in [3.8, 4) is 0 Å². The standard InChI is InChI=1S/C12H15BrClNO3S/c1-12(5-2-6-18-8-12)15-19(16,17)9-3-4-11(14)10(13)7-9/h3-4,7,15H,2,5-6,8H2,1H3. The number of sulfonamides is 1. The molecule has 106 valence electrons. The second kappa shape index (κ2) is 5.69. The van der Waals surface area contributed by atoms with Crippen LogP contribution in [0.5, 0.6) is 0 Å². The molecule has 7 heteroatoms. The van der Waals surface area contributed by atoms with Crippen molar-refractivity contribution < 1.29 is 13.2 Å². The monoisotopic (exact) mass is 367 g/mol. The van der Waals surface area contributed by atoms with Gasteiger partial charge in [-0.05, 0) is 53.9 Å². The van der Waals surface area contributed by atoms with Gasteiger partial charge in [0.05, 0.1) is 22.1 Å². The van der Waals surface area contributed by atoms with Crippen molar-refractivity contribution in [1.29, 1.82) is 0 Å². The fraction of sp³-hybridized carbons (Fsp3) is 0.500. The van der Waals surface area contributed by atoms with E-state index in [1.807, 2.05) is 6.92 Å². The lowest BCUT2D eigenvalue weighted by Gasteiger charge is -2.33. The van der Waals surface area contributed by atoms with Gasteiger partial charge in [0.25, 0.3) is 0 Å². The summed E-state index contributed by atoms with van der Waals surface area (Å²) in [4.78, 5) is 0.190. The summed E-state index contributed by atoms with van der Waals surface area (Å²) in [5, 5.41) is 0.478. The third kappa shape index (κ3) is 3.70. The Morgan fingerprint density at radius 3 is 2.79 bits per heavy atom. The lowest BCUT2D eigenvalue weighted by Crippen LogP contribution is -2.51. The first kappa shape index (κ1) is 15.3. The third-order valence-electron chi connectivity index (χ3n) is 3.02. The van der Waals surface area contributed by atoms with Crippen LogP contribution in [0.4, 0.5) is 0 Å². The van der Waals surface area contributed by atoms with Gasteiger partial charge in [-0.25, -0.2) is 13.1 Å². The van der Waals surface area contributed by atoms with Gasteiger partial charge in [0.1, 0.15) is 0 Å². The highest BCUT2D eigenvalue weighted by molar-refractivity contribution is 9.10. The van der Waals surface area contributed by atoms with E-state index in [-0.39, 0.29) is 4.90 Å². The molecule has 0 bridgehead atoms. The zero-order valence-electron chi connectivity index (χ0n) is 10.4. The lowest BCUT2D eigenvalue weighted by atomic mass is 9.97. The number of rotatable bonds is 3. The van der Waals surface area contributed by atoms with Crippen LogP contribution in [0, 0.1) is 0 Å². The van der Waals surface area contributed by atoms with Crippen LogP contribution in [-0.2, 0) is 14.8 Å². The maximum absolute atomic E-state index is 12.3. The number of hydrogen-bond acceptors (Lipinski definition) is 3. The van der Waals surface area contributed by atoms with E-state index in [4.69, 9.17) is 16.3 Å². The Kier molecular flexibility index (Phi) is 4.57. The topological polar surface area (TPSA) is 55.4 Å². The molecule has 1 N–H and O–H groups in total. The highest BCUT2D eigenvalue weighted by atomic mass is 79.9. The van der Waals surface area contributed by atoms with E-state index in [0.29, 0.717) is 22.7 Å². The molecular weight excluding hydrogens is 354 g/mol. The molecule has 1 aliphatic rings. The number of benzene rings is 1. The van der Waals surface area contributed by atoms with Crippen molar-refractivity contribution in [3.05, 3.63) is 27.7 Å². The van der Waals surface area contributed by atoms with Crippen molar-refractivity contribution in [3.63, 3.8) is 0 Å². The van der Waals surface area contributed by atoms with Gasteiger partial charge in [-0.3, -0.25) is 0 Å². The predicted molar refractivity (Wildman–Crippen MR) is 77.9 cm³/mol. The number of hydrogen-bond donors (Lipinski definition) is 1. The van der Waals surface area contributed by atoms with Crippen LogP contribution in [0.2, 0.25) is 5.02 Å². The van der Waals surface area contributed by atoms with Crippen LogP contribution in [0.25, 0.3) is 0 Å². The van der Waals surface area contributed by atoms with E-state index < -0.39 is 15.6 Å². The minimum absolute atomic E-state index is 0.190. The Morgan fingerprint density at radius 1 is 1.47 bits per heavy atom. The molecule has 0 amide bonds.